The monoisotopic (exact) mass is 544 g/mol. The minimum atomic E-state index is -4.00. The fourth-order valence-corrected chi connectivity index (χ4v) is 5.97. The van der Waals surface area contributed by atoms with Crippen molar-refractivity contribution in [1.29, 1.82) is 0 Å². The highest BCUT2D eigenvalue weighted by molar-refractivity contribution is 7.89. The molecule has 0 radical (unpaired) electrons. The summed E-state index contributed by atoms with van der Waals surface area (Å²) in [5, 5.41) is 16.0. The number of hydrogen-bond acceptors (Lipinski definition) is 8. The predicted octanol–water partition coefficient (Wildman–Crippen LogP) is 3.36. The number of nitro benzene ring substituents is 1. The van der Waals surface area contributed by atoms with E-state index in [1.165, 1.54) is 28.6 Å². The number of nitro groups is 1. The van der Waals surface area contributed by atoms with Gasteiger partial charge in [-0.1, -0.05) is 30.3 Å². The maximum absolute atomic E-state index is 13.1. The molecular weight excluding hydrogens is 516 g/mol. The second kappa shape index (κ2) is 11.3. The standard InChI is InChI=1S/C24H28N6O5S2/c1-3-11-28-23(17-35-20-8-6-7-19(2)16-20)25-29(24(28)36)18-26-12-14-27(15-13-26)37(33,34)22-10-5-4-9-21(22)30(31)32/h3-10,16H,1,11-15,17-18H2,2H3. The Morgan fingerprint density at radius 2 is 1.89 bits per heavy atom. The van der Waals surface area contributed by atoms with Crippen LogP contribution in [0.4, 0.5) is 5.69 Å². The van der Waals surface area contributed by atoms with E-state index in [0.29, 0.717) is 36.9 Å². The Kier molecular flexibility index (Phi) is 8.17. The van der Waals surface area contributed by atoms with Crippen molar-refractivity contribution in [2.24, 2.45) is 0 Å². The van der Waals surface area contributed by atoms with Gasteiger partial charge in [0.25, 0.3) is 5.69 Å². The molecule has 2 heterocycles. The zero-order valence-electron chi connectivity index (χ0n) is 20.4. The summed E-state index contributed by atoms with van der Waals surface area (Å²) < 4.78 is 37.5. The van der Waals surface area contributed by atoms with Gasteiger partial charge >= 0.3 is 0 Å². The van der Waals surface area contributed by atoms with E-state index in [4.69, 9.17) is 17.0 Å². The zero-order chi connectivity index (χ0) is 26.6. The van der Waals surface area contributed by atoms with E-state index in [1.54, 1.807) is 10.8 Å². The molecule has 0 unspecified atom stereocenters. The topological polar surface area (TPSA) is 116 Å². The lowest BCUT2D eigenvalue weighted by atomic mass is 10.2. The van der Waals surface area contributed by atoms with Gasteiger partial charge in [-0.25, -0.2) is 13.1 Å². The van der Waals surface area contributed by atoms with Crippen molar-refractivity contribution in [1.82, 2.24) is 23.6 Å². The minimum absolute atomic E-state index is 0.193. The van der Waals surface area contributed by atoms with E-state index >= 15 is 0 Å². The average Bonchev–Trinajstić information content (AvgIpc) is 3.17. The van der Waals surface area contributed by atoms with Gasteiger partial charge in [0.15, 0.2) is 15.5 Å². The molecule has 4 rings (SSSR count). The zero-order valence-corrected chi connectivity index (χ0v) is 22.0. The van der Waals surface area contributed by atoms with E-state index in [0.717, 1.165) is 11.3 Å². The van der Waals surface area contributed by atoms with Gasteiger partial charge in [0.1, 0.15) is 12.4 Å². The molecule has 1 aliphatic heterocycles. The molecule has 196 valence electrons. The van der Waals surface area contributed by atoms with Crippen molar-refractivity contribution in [3.63, 3.8) is 0 Å². The molecule has 37 heavy (non-hydrogen) atoms. The second-order valence-electron chi connectivity index (χ2n) is 8.59. The van der Waals surface area contributed by atoms with Crippen LogP contribution in [-0.4, -0.2) is 63.1 Å². The van der Waals surface area contributed by atoms with E-state index in [1.807, 2.05) is 40.7 Å². The fourth-order valence-electron chi connectivity index (χ4n) is 4.12. The third-order valence-electron chi connectivity index (χ3n) is 6.01. The summed E-state index contributed by atoms with van der Waals surface area (Å²) in [7, 11) is -4.00. The Labute approximate surface area is 220 Å². The molecular formula is C24H28N6O5S2. The lowest BCUT2D eigenvalue weighted by Gasteiger charge is -2.33. The molecule has 13 heteroatoms. The minimum Gasteiger partial charge on any atom is -0.486 e. The number of allylic oxidation sites excluding steroid dienone is 1. The number of rotatable bonds is 10. The molecule has 0 N–H and O–H groups in total. The highest BCUT2D eigenvalue weighted by Gasteiger charge is 2.33. The average molecular weight is 545 g/mol. The SMILES string of the molecule is C=CCn1c(COc2cccc(C)c2)nn(CN2CCN(S(=O)(=O)c3ccccc3[N+](=O)[O-])CC2)c1=S. The molecule has 2 aromatic carbocycles. The van der Waals surface area contributed by atoms with Crippen LogP contribution in [0.1, 0.15) is 11.4 Å². The van der Waals surface area contributed by atoms with Gasteiger partial charge in [0.05, 0.1) is 11.6 Å². The molecule has 1 aliphatic rings. The first-order valence-electron chi connectivity index (χ1n) is 11.6. The van der Waals surface area contributed by atoms with Crippen LogP contribution >= 0.6 is 12.2 Å². The second-order valence-corrected chi connectivity index (χ2v) is 10.9. The Balaban J connectivity index is 1.44. The number of sulfonamides is 1. The molecule has 0 bridgehead atoms. The first kappa shape index (κ1) is 26.7. The largest absolute Gasteiger partial charge is 0.486 e. The van der Waals surface area contributed by atoms with Crippen molar-refractivity contribution in [2.45, 2.75) is 31.6 Å². The van der Waals surface area contributed by atoms with Crippen LogP contribution < -0.4 is 4.74 Å². The molecule has 1 aromatic heterocycles. The summed E-state index contributed by atoms with van der Waals surface area (Å²) in [5.41, 5.74) is 0.665. The number of ether oxygens (including phenoxy) is 1. The summed E-state index contributed by atoms with van der Waals surface area (Å²) in [5.74, 6) is 1.39. The summed E-state index contributed by atoms with van der Waals surface area (Å²) in [6.07, 6.45) is 1.74. The number of aryl methyl sites for hydroxylation is 1. The van der Waals surface area contributed by atoms with Gasteiger partial charge in [0.2, 0.25) is 10.0 Å². The Morgan fingerprint density at radius 3 is 2.57 bits per heavy atom. The van der Waals surface area contributed by atoms with E-state index in [2.05, 4.69) is 11.7 Å². The highest BCUT2D eigenvalue weighted by Crippen LogP contribution is 2.27. The number of para-hydroxylation sites is 1. The normalized spacial score (nSPS) is 14.9. The Morgan fingerprint density at radius 1 is 1.16 bits per heavy atom. The van der Waals surface area contributed by atoms with E-state index in [-0.39, 0.29) is 24.6 Å². The van der Waals surface area contributed by atoms with Gasteiger partial charge in [-0.2, -0.15) is 9.40 Å². The number of aromatic nitrogens is 3. The third-order valence-corrected chi connectivity index (χ3v) is 8.39. The van der Waals surface area contributed by atoms with Crippen LogP contribution in [0.25, 0.3) is 0 Å². The quantitative estimate of drug-likeness (QED) is 0.165. The van der Waals surface area contributed by atoms with Gasteiger partial charge in [-0.15, -0.1) is 6.58 Å². The van der Waals surface area contributed by atoms with Gasteiger partial charge in [-0.3, -0.25) is 19.6 Å². The lowest BCUT2D eigenvalue weighted by Crippen LogP contribution is -2.49. The molecule has 0 amide bonds. The van der Waals surface area contributed by atoms with E-state index < -0.39 is 20.6 Å². The van der Waals surface area contributed by atoms with Gasteiger partial charge < -0.3 is 4.74 Å². The first-order chi connectivity index (χ1) is 17.7. The van der Waals surface area contributed by atoms with Gasteiger partial charge in [0, 0.05) is 38.8 Å². The van der Waals surface area contributed by atoms with Crippen LogP contribution in [0.3, 0.4) is 0 Å². The predicted molar refractivity (Wildman–Crippen MR) is 140 cm³/mol. The Bertz CT molecular complexity index is 1460. The van der Waals surface area contributed by atoms with Crippen LogP contribution in [0, 0.1) is 21.8 Å². The Hall–Kier alpha value is -3.39. The van der Waals surface area contributed by atoms with Crippen molar-refractivity contribution in [3.05, 3.63) is 87.5 Å². The van der Waals surface area contributed by atoms with Crippen LogP contribution in [-0.2, 0) is 29.8 Å². The van der Waals surface area contributed by atoms with Crippen LogP contribution in [0.2, 0.25) is 0 Å². The van der Waals surface area contributed by atoms with Crippen LogP contribution in [0.15, 0.2) is 66.1 Å². The molecule has 11 nitrogen and oxygen atoms in total. The summed E-state index contributed by atoms with van der Waals surface area (Å²) in [6.45, 7) is 8.11. The number of nitrogens with zero attached hydrogens (tertiary/aromatic N) is 6. The summed E-state index contributed by atoms with van der Waals surface area (Å²) in [6, 6.07) is 13.1. The van der Waals surface area contributed by atoms with Crippen molar-refractivity contribution in [2.75, 3.05) is 26.2 Å². The maximum Gasteiger partial charge on any atom is 0.289 e. The third kappa shape index (κ3) is 5.96. The number of benzene rings is 2. The lowest BCUT2D eigenvalue weighted by molar-refractivity contribution is -0.387. The molecule has 0 spiro atoms. The molecule has 0 atom stereocenters. The highest BCUT2D eigenvalue weighted by atomic mass is 32.2. The summed E-state index contributed by atoms with van der Waals surface area (Å²) >= 11 is 5.65. The molecule has 1 saturated heterocycles. The maximum atomic E-state index is 13.1. The summed E-state index contributed by atoms with van der Waals surface area (Å²) in [4.78, 5) is 12.4. The smallest absolute Gasteiger partial charge is 0.289 e. The van der Waals surface area contributed by atoms with Crippen molar-refractivity contribution in [3.8, 4) is 5.75 Å². The van der Waals surface area contributed by atoms with E-state index in [9.17, 15) is 18.5 Å². The number of piperazine rings is 1. The molecule has 1 fully saturated rings. The van der Waals surface area contributed by atoms with Crippen LogP contribution in [0.5, 0.6) is 5.75 Å². The molecule has 0 saturated carbocycles. The fraction of sp³-hybridized carbons (Fsp3) is 0.333. The first-order valence-corrected chi connectivity index (χ1v) is 13.5. The van der Waals surface area contributed by atoms with Crippen molar-refractivity contribution >= 4 is 27.9 Å². The molecule has 3 aromatic rings. The van der Waals surface area contributed by atoms with Crippen molar-refractivity contribution < 1.29 is 18.1 Å². The van der Waals surface area contributed by atoms with Gasteiger partial charge in [-0.05, 0) is 42.9 Å². The molecule has 0 aliphatic carbocycles. The number of hydrogen-bond donors (Lipinski definition) is 0.